The number of primary amides is 1. The molecule has 0 aliphatic rings. The van der Waals surface area contributed by atoms with Crippen molar-refractivity contribution in [1.29, 1.82) is 0 Å². The number of allylic oxidation sites excluding steroid dienone is 1. The largest absolute Gasteiger partial charge is 0.481 e. The van der Waals surface area contributed by atoms with E-state index in [2.05, 4.69) is 24.0 Å². The van der Waals surface area contributed by atoms with Gasteiger partial charge < -0.3 is 30.5 Å². The van der Waals surface area contributed by atoms with Gasteiger partial charge >= 0.3 is 17.9 Å². The lowest BCUT2D eigenvalue weighted by Gasteiger charge is -2.18. The predicted molar refractivity (Wildman–Crippen MR) is 135 cm³/mol. The van der Waals surface area contributed by atoms with Gasteiger partial charge in [0.2, 0.25) is 5.91 Å². The van der Waals surface area contributed by atoms with Gasteiger partial charge in [0.25, 0.3) is 0 Å². The number of carboxylic acids is 1. The molecular weight excluding hydrogens is 446 g/mol. The Kier molecular flexibility index (Phi) is 46.6. The van der Waals surface area contributed by atoms with E-state index < -0.39 is 12.1 Å². The van der Waals surface area contributed by atoms with Crippen molar-refractivity contribution < 1.29 is 44.0 Å². The van der Waals surface area contributed by atoms with Crippen molar-refractivity contribution in [2.75, 3.05) is 13.7 Å². The molecule has 0 radical (unpaired) electrons. The lowest BCUT2D eigenvalue weighted by Crippen LogP contribution is -2.23. The molecule has 34 heavy (non-hydrogen) atoms. The standard InChI is InChI=1S/C7H14O2.C4H8O2.C4H8.C3H7NO.C3H8O2.C3H6O2/c1-5-6(8)9-7(2,3)4;1-3-4(5)6-2;1-3-4-2;1-2-3(4)5;1-3(5)2-4;1-2-3(4)5/h5H2,1-4H3;3H2,1-2H3;3H,1,4H2,2H3;2H2,1H3,(H2,4,5);3-5H,2H2,1H3;2H2,1H3,(H,4,5). The van der Waals surface area contributed by atoms with Gasteiger partial charge in [0.1, 0.15) is 5.60 Å². The number of hydrogen-bond donors (Lipinski definition) is 4. The molecule has 5 N–H and O–H groups in total. The molecule has 0 saturated heterocycles. The van der Waals surface area contributed by atoms with Crippen LogP contribution in [0.1, 0.15) is 94.4 Å². The minimum Gasteiger partial charge on any atom is -0.481 e. The van der Waals surface area contributed by atoms with Crippen LogP contribution in [0.4, 0.5) is 0 Å². The second kappa shape index (κ2) is 35.1. The molecule has 0 rings (SSSR count). The van der Waals surface area contributed by atoms with E-state index in [9.17, 15) is 19.2 Å². The fourth-order valence-corrected chi connectivity index (χ4v) is 0.558. The Morgan fingerprint density at radius 3 is 1.26 bits per heavy atom. The Balaban J connectivity index is -0.0000000709. The summed E-state index contributed by atoms with van der Waals surface area (Å²) in [5.41, 5.74) is 4.33. The van der Waals surface area contributed by atoms with Gasteiger partial charge in [0.05, 0.1) is 19.8 Å². The molecule has 0 aliphatic carbocycles. The van der Waals surface area contributed by atoms with Crippen LogP contribution in [0.5, 0.6) is 0 Å². The van der Waals surface area contributed by atoms with E-state index in [1.54, 1.807) is 27.7 Å². The fourth-order valence-electron chi connectivity index (χ4n) is 0.558. The first kappa shape index (κ1) is 45.1. The maximum Gasteiger partial charge on any atom is 0.306 e. The fraction of sp³-hybridized carbons (Fsp3) is 0.750. The van der Waals surface area contributed by atoms with Gasteiger partial charge in [-0.05, 0) is 34.1 Å². The van der Waals surface area contributed by atoms with E-state index in [1.165, 1.54) is 14.0 Å². The Bertz CT molecular complexity index is 465. The summed E-state index contributed by atoms with van der Waals surface area (Å²) in [6, 6.07) is 0. The number of nitrogens with two attached hydrogens (primary N) is 1. The number of aliphatic hydroxyl groups excluding tert-OH is 2. The van der Waals surface area contributed by atoms with Crippen molar-refractivity contribution in [1.82, 2.24) is 0 Å². The maximum absolute atomic E-state index is 10.6. The van der Waals surface area contributed by atoms with E-state index in [0.29, 0.717) is 19.3 Å². The summed E-state index contributed by atoms with van der Waals surface area (Å²) < 4.78 is 9.21. The minimum absolute atomic E-state index is 0.137. The average molecular weight is 498 g/mol. The summed E-state index contributed by atoms with van der Waals surface area (Å²) in [6.07, 6.45) is 3.99. The number of amides is 1. The third-order valence-corrected chi connectivity index (χ3v) is 2.43. The van der Waals surface area contributed by atoms with Crippen LogP contribution in [0.15, 0.2) is 12.7 Å². The second-order valence-electron chi connectivity index (χ2n) is 7.17. The predicted octanol–water partition coefficient (Wildman–Crippen LogP) is 3.61. The van der Waals surface area contributed by atoms with Crippen molar-refractivity contribution in [3.05, 3.63) is 12.7 Å². The number of esters is 2. The molecule has 0 aromatic rings. The number of aliphatic hydroxyl groups is 2. The number of carboxylic acid groups (broad SMARTS) is 1. The first-order valence-corrected chi connectivity index (χ1v) is 11.2. The first-order valence-electron chi connectivity index (χ1n) is 11.2. The normalized spacial score (nSPS) is 9.41. The lowest BCUT2D eigenvalue weighted by atomic mass is 10.2. The average Bonchev–Trinajstić information content (AvgIpc) is 2.78. The Labute approximate surface area is 206 Å². The molecule has 0 heterocycles. The summed E-state index contributed by atoms with van der Waals surface area (Å²) in [6.45, 7) is 19.4. The lowest BCUT2D eigenvalue weighted by molar-refractivity contribution is -0.154. The molecule has 1 atom stereocenters. The zero-order valence-corrected chi connectivity index (χ0v) is 23.0. The van der Waals surface area contributed by atoms with Gasteiger partial charge in [-0.2, -0.15) is 0 Å². The highest BCUT2D eigenvalue weighted by Gasteiger charge is 2.13. The molecule has 0 aromatic heterocycles. The summed E-state index contributed by atoms with van der Waals surface area (Å²) in [7, 11) is 1.38. The van der Waals surface area contributed by atoms with E-state index >= 15 is 0 Å². The number of carbonyl (C=O) groups excluding carboxylic acids is 3. The van der Waals surface area contributed by atoms with Crippen molar-refractivity contribution in [3.63, 3.8) is 0 Å². The van der Waals surface area contributed by atoms with E-state index in [1.807, 2.05) is 26.8 Å². The topological polar surface area (TPSA) is 173 Å². The summed E-state index contributed by atoms with van der Waals surface area (Å²) >= 11 is 0. The Morgan fingerprint density at radius 1 is 0.941 bits per heavy atom. The third kappa shape index (κ3) is 99.6. The highest BCUT2D eigenvalue weighted by molar-refractivity contribution is 5.73. The number of ether oxygens (including phenoxy) is 2. The van der Waals surface area contributed by atoms with Crippen molar-refractivity contribution in [2.45, 2.75) is 106 Å². The van der Waals surface area contributed by atoms with Crippen LogP contribution in [-0.2, 0) is 28.7 Å². The van der Waals surface area contributed by atoms with Gasteiger partial charge in [-0.3, -0.25) is 19.2 Å². The molecule has 0 bridgehead atoms. The molecule has 1 amide bonds. The Morgan fingerprint density at radius 2 is 1.24 bits per heavy atom. The quantitative estimate of drug-likeness (QED) is 0.315. The maximum atomic E-state index is 10.6. The molecule has 206 valence electrons. The molecule has 1 unspecified atom stereocenters. The van der Waals surface area contributed by atoms with Crippen LogP contribution in [0.3, 0.4) is 0 Å². The first-order chi connectivity index (χ1) is 15.5. The summed E-state index contributed by atoms with van der Waals surface area (Å²) in [5.74, 6) is -1.28. The molecule has 0 aromatic carbocycles. The van der Waals surface area contributed by atoms with Crippen LogP contribution in [-0.4, -0.2) is 64.6 Å². The highest BCUT2D eigenvalue weighted by Crippen LogP contribution is 2.07. The molecule has 0 spiro atoms. The summed E-state index contributed by atoms with van der Waals surface area (Å²) in [5, 5.41) is 23.7. The number of rotatable bonds is 6. The molecule has 0 fully saturated rings. The van der Waals surface area contributed by atoms with Crippen LogP contribution in [0, 0.1) is 0 Å². The minimum atomic E-state index is -0.745. The number of carbonyl (C=O) groups is 4. The SMILES string of the molecule is C=CCC.CC(O)CO.CCC(=O)O.CCC(=O)OC.CCC(=O)OC(C)(C)C.CCC(N)=O. The van der Waals surface area contributed by atoms with Gasteiger partial charge in [0, 0.05) is 25.7 Å². The van der Waals surface area contributed by atoms with E-state index in [0.717, 1.165) is 6.42 Å². The van der Waals surface area contributed by atoms with E-state index in [-0.39, 0.29) is 36.5 Å². The van der Waals surface area contributed by atoms with Gasteiger partial charge in [0.15, 0.2) is 0 Å². The molecule has 0 aliphatic heterocycles. The van der Waals surface area contributed by atoms with Crippen LogP contribution >= 0.6 is 0 Å². The molecule has 10 nitrogen and oxygen atoms in total. The van der Waals surface area contributed by atoms with Crippen molar-refractivity contribution in [2.24, 2.45) is 5.73 Å². The van der Waals surface area contributed by atoms with Crippen molar-refractivity contribution >= 4 is 23.8 Å². The summed E-state index contributed by atoms with van der Waals surface area (Å²) in [4.78, 5) is 39.5. The number of hydrogen-bond acceptors (Lipinski definition) is 8. The van der Waals surface area contributed by atoms with Gasteiger partial charge in [-0.1, -0.05) is 40.7 Å². The highest BCUT2D eigenvalue weighted by atomic mass is 16.6. The second-order valence-corrected chi connectivity index (χ2v) is 7.17. The molecular formula is C24H51NO9. The van der Waals surface area contributed by atoms with E-state index in [4.69, 9.17) is 20.1 Å². The monoisotopic (exact) mass is 497 g/mol. The molecule has 0 saturated carbocycles. The van der Waals surface area contributed by atoms with Crippen molar-refractivity contribution in [3.8, 4) is 0 Å². The molecule has 10 heteroatoms. The third-order valence-electron chi connectivity index (χ3n) is 2.43. The zero-order valence-electron chi connectivity index (χ0n) is 23.0. The van der Waals surface area contributed by atoms with Crippen LogP contribution in [0.25, 0.3) is 0 Å². The van der Waals surface area contributed by atoms with Crippen LogP contribution in [0.2, 0.25) is 0 Å². The Hall–Kier alpha value is -2.46. The van der Waals surface area contributed by atoms with Gasteiger partial charge in [-0.25, -0.2) is 0 Å². The number of aliphatic carboxylic acids is 1. The zero-order chi connectivity index (χ0) is 28.8. The number of methoxy groups -OCH3 is 1. The smallest absolute Gasteiger partial charge is 0.306 e. The van der Waals surface area contributed by atoms with Gasteiger partial charge in [-0.15, -0.1) is 6.58 Å². The van der Waals surface area contributed by atoms with Crippen LogP contribution < -0.4 is 5.73 Å².